The van der Waals surface area contributed by atoms with Gasteiger partial charge in [0.2, 0.25) is 5.91 Å². The fourth-order valence-electron chi connectivity index (χ4n) is 3.76. The van der Waals surface area contributed by atoms with Crippen molar-refractivity contribution in [3.05, 3.63) is 71.4 Å². The van der Waals surface area contributed by atoms with Gasteiger partial charge in [-0.1, -0.05) is 41.6 Å². The smallest absolute Gasteiger partial charge is 0.224 e. The summed E-state index contributed by atoms with van der Waals surface area (Å²) < 4.78 is 10.6. The molecule has 2 N–H and O–H groups in total. The van der Waals surface area contributed by atoms with Crippen LogP contribution in [0.5, 0.6) is 5.75 Å². The number of nitrogens with one attached hydrogen (secondary N) is 2. The lowest BCUT2D eigenvalue weighted by atomic mass is 9.97. The molecular formula is C24H27N3O3. The summed E-state index contributed by atoms with van der Waals surface area (Å²) in [5, 5.41) is 10.4. The van der Waals surface area contributed by atoms with Crippen LogP contribution in [0.3, 0.4) is 0 Å². The van der Waals surface area contributed by atoms with Crippen LogP contribution in [0.25, 0.3) is 11.3 Å². The van der Waals surface area contributed by atoms with Gasteiger partial charge in [-0.15, -0.1) is 0 Å². The Kier molecular flexibility index (Phi) is 6.44. The minimum absolute atomic E-state index is 0.0336. The van der Waals surface area contributed by atoms with Crippen molar-refractivity contribution in [1.29, 1.82) is 0 Å². The predicted octanol–water partition coefficient (Wildman–Crippen LogP) is 3.36. The maximum absolute atomic E-state index is 12.3. The van der Waals surface area contributed by atoms with Crippen LogP contribution >= 0.6 is 0 Å². The molecule has 1 atom stereocenters. The Balaban J connectivity index is 1.27. The van der Waals surface area contributed by atoms with E-state index in [9.17, 15) is 4.79 Å². The van der Waals surface area contributed by atoms with Crippen LogP contribution in [0.15, 0.2) is 59.1 Å². The first-order valence-electron chi connectivity index (χ1n) is 10.3. The molecule has 1 amide bonds. The molecule has 2 heterocycles. The van der Waals surface area contributed by atoms with E-state index in [-0.39, 0.29) is 5.91 Å². The average Bonchev–Trinajstić information content (AvgIpc) is 3.46. The number of methoxy groups -OCH3 is 1. The molecule has 6 heteroatoms. The fraction of sp³-hybridized carbons (Fsp3) is 0.333. The number of hydrogen-bond acceptors (Lipinski definition) is 5. The van der Waals surface area contributed by atoms with Gasteiger partial charge in [-0.25, -0.2) is 0 Å². The van der Waals surface area contributed by atoms with E-state index in [2.05, 4.69) is 27.9 Å². The minimum Gasteiger partial charge on any atom is -0.497 e. The van der Waals surface area contributed by atoms with Crippen LogP contribution in [0, 0.1) is 5.92 Å². The molecule has 30 heavy (non-hydrogen) atoms. The number of carbonyl (C=O) groups is 1. The molecule has 1 aliphatic rings. The second-order valence-corrected chi connectivity index (χ2v) is 7.75. The Labute approximate surface area is 176 Å². The second-order valence-electron chi connectivity index (χ2n) is 7.75. The number of amides is 1. The molecule has 0 saturated carbocycles. The van der Waals surface area contributed by atoms with E-state index < -0.39 is 0 Å². The zero-order valence-corrected chi connectivity index (χ0v) is 17.2. The molecule has 156 valence electrons. The second kappa shape index (κ2) is 9.59. The summed E-state index contributed by atoms with van der Waals surface area (Å²) in [6.07, 6.45) is 2.69. The van der Waals surface area contributed by atoms with E-state index in [0.717, 1.165) is 42.3 Å². The fourth-order valence-corrected chi connectivity index (χ4v) is 3.76. The van der Waals surface area contributed by atoms with Crippen LogP contribution < -0.4 is 15.4 Å². The van der Waals surface area contributed by atoms with Gasteiger partial charge in [-0.3, -0.25) is 4.79 Å². The van der Waals surface area contributed by atoms with Gasteiger partial charge in [-0.2, -0.15) is 0 Å². The van der Waals surface area contributed by atoms with E-state index >= 15 is 0 Å². The molecular weight excluding hydrogens is 378 g/mol. The van der Waals surface area contributed by atoms with Gasteiger partial charge in [0.15, 0.2) is 5.76 Å². The van der Waals surface area contributed by atoms with Crippen LogP contribution in [0.4, 0.5) is 0 Å². The predicted molar refractivity (Wildman–Crippen MR) is 115 cm³/mol. The normalized spacial score (nSPS) is 15.8. The lowest BCUT2D eigenvalue weighted by molar-refractivity contribution is -0.120. The number of nitrogens with zero attached hydrogens (tertiary/aromatic N) is 1. The summed E-state index contributed by atoms with van der Waals surface area (Å²) in [4.78, 5) is 12.3. The summed E-state index contributed by atoms with van der Waals surface area (Å²) >= 11 is 0. The molecule has 1 unspecified atom stereocenters. The number of carbonyl (C=O) groups excluding carboxylic acids is 1. The van der Waals surface area contributed by atoms with Gasteiger partial charge in [-0.05, 0) is 55.1 Å². The molecule has 1 aliphatic heterocycles. The molecule has 0 spiro atoms. The molecule has 2 aromatic carbocycles. The summed E-state index contributed by atoms with van der Waals surface area (Å²) in [6, 6.07) is 17.8. The van der Waals surface area contributed by atoms with Crippen molar-refractivity contribution in [2.24, 2.45) is 5.92 Å². The summed E-state index contributed by atoms with van der Waals surface area (Å²) in [5.41, 5.74) is 3.91. The molecule has 1 fully saturated rings. The first-order chi connectivity index (χ1) is 14.7. The Morgan fingerprint density at radius 2 is 2.03 bits per heavy atom. The standard InChI is InChI=1S/C24H27N3O3/c1-29-22-4-2-3-20(13-22)23-14-21(27-30-23)16-26-24(28)12-18-7-5-17(6-8-18)11-19-9-10-25-15-19/h2-8,13-14,19,25H,9-12,15-16H2,1H3,(H,26,28). The zero-order valence-electron chi connectivity index (χ0n) is 17.2. The van der Waals surface area contributed by atoms with Crippen LogP contribution in [-0.2, 0) is 24.2 Å². The SMILES string of the molecule is COc1cccc(-c2cc(CNC(=O)Cc3ccc(CC4CCNC4)cc3)no2)c1. The molecule has 4 rings (SSSR count). The number of hydrogen-bond donors (Lipinski definition) is 2. The van der Waals surface area contributed by atoms with E-state index in [1.807, 2.05) is 42.5 Å². The van der Waals surface area contributed by atoms with Gasteiger partial charge in [0.1, 0.15) is 11.4 Å². The van der Waals surface area contributed by atoms with Crippen molar-refractivity contribution >= 4 is 5.91 Å². The quantitative estimate of drug-likeness (QED) is 0.601. The molecule has 0 aliphatic carbocycles. The topological polar surface area (TPSA) is 76.4 Å². The van der Waals surface area contributed by atoms with E-state index in [0.29, 0.717) is 24.4 Å². The van der Waals surface area contributed by atoms with Crippen LogP contribution in [0.1, 0.15) is 23.2 Å². The molecule has 1 saturated heterocycles. The molecule has 3 aromatic rings. The van der Waals surface area contributed by atoms with Crippen LogP contribution in [0.2, 0.25) is 0 Å². The van der Waals surface area contributed by atoms with E-state index in [4.69, 9.17) is 9.26 Å². The van der Waals surface area contributed by atoms with Gasteiger partial charge in [0.05, 0.1) is 20.1 Å². The maximum atomic E-state index is 12.3. The van der Waals surface area contributed by atoms with Crippen LogP contribution in [-0.4, -0.2) is 31.3 Å². The lowest BCUT2D eigenvalue weighted by Gasteiger charge is -2.09. The Bertz CT molecular complexity index is 975. The van der Waals surface area contributed by atoms with Crippen molar-refractivity contribution < 1.29 is 14.1 Å². The number of benzene rings is 2. The number of aromatic nitrogens is 1. The highest BCUT2D eigenvalue weighted by molar-refractivity contribution is 5.78. The van der Waals surface area contributed by atoms with Crippen molar-refractivity contribution in [2.75, 3.05) is 20.2 Å². The highest BCUT2D eigenvalue weighted by atomic mass is 16.5. The van der Waals surface area contributed by atoms with Crippen molar-refractivity contribution in [1.82, 2.24) is 15.8 Å². The van der Waals surface area contributed by atoms with Gasteiger partial charge in [0, 0.05) is 11.6 Å². The third-order valence-electron chi connectivity index (χ3n) is 5.45. The monoisotopic (exact) mass is 405 g/mol. The summed E-state index contributed by atoms with van der Waals surface area (Å²) in [6.45, 7) is 2.56. The molecule has 1 aromatic heterocycles. The van der Waals surface area contributed by atoms with E-state index in [1.54, 1.807) is 7.11 Å². The Morgan fingerprint density at radius 3 is 2.80 bits per heavy atom. The first-order valence-corrected chi connectivity index (χ1v) is 10.3. The van der Waals surface area contributed by atoms with E-state index in [1.165, 1.54) is 12.0 Å². The Hall–Kier alpha value is -3.12. The van der Waals surface area contributed by atoms with Crippen molar-refractivity contribution in [3.8, 4) is 17.1 Å². The molecule has 0 bridgehead atoms. The zero-order chi connectivity index (χ0) is 20.8. The summed E-state index contributed by atoms with van der Waals surface area (Å²) in [7, 11) is 1.63. The molecule has 0 radical (unpaired) electrons. The van der Waals surface area contributed by atoms with Crippen molar-refractivity contribution in [2.45, 2.75) is 25.8 Å². The van der Waals surface area contributed by atoms with Crippen molar-refractivity contribution in [3.63, 3.8) is 0 Å². The first kappa shape index (κ1) is 20.2. The van der Waals surface area contributed by atoms with Gasteiger partial charge >= 0.3 is 0 Å². The largest absolute Gasteiger partial charge is 0.497 e. The minimum atomic E-state index is -0.0336. The Morgan fingerprint density at radius 1 is 1.20 bits per heavy atom. The van der Waals surface area contributed by atoms with Gasteiger partial charge in [0.25, 0.3) is 0 Å². The lowest BCUT2D eigenvalue weighted by Crippen LogP contribution is -2.24. The highest BCUT2D eigenvalue weighted by Gasteiger charge is 2.15. The average molecular weight is 405 g/mol. The number of rotatable bonds is 8. The summed E-state index contributed by atoms with van der Waals surface area (Å²) in [5.74, 6) is 2.09. The third kappa shape index (κ3) is 5.27. The highest BCUT2D eigenvalue weighted by Crippen LogP contribution is 2.24. The third-order valence-corrected chi connectivity index (χ3v) is 5.45. The number of ether oxygens (including phenoxy) is 1. The molecule has 6 nitrogen and oxygen atoms in total. The maximum Gasteiger partial charge on any atom is 0.224 e. The van der Waals surface area contributed by atoms with Gasteiger partial charge < -0.3 is 19.9 Å².